The highest BCUT2D eigenvalue weighted by atomic mass is 31.3. The molecule has 1 aromatic heterocycles. The largest absolute Gasteiger partial charge is 0.490 e. The van der Waals surface area contributed by atoms with Crippen LogP contribution in [0.5, 0.6) is 0 Å². The van der Waals surface area contributed by atoms with Crippen molar-refractivity contribution in [3.63, 3.8) is 0 Å². The van der Waals surface area contributed by atoms with E-state index in [4.69, 9.17) is 25.2 Å². The van der Waals surface area contributed by atoms with Gasteiger partial charge in [-0.15, -0.1) is 6.58 Å². The number of phosphoric acid groups is 3. The van der Waals surface area contributed by atoms with Gasteiger partial charge in [-0.2, -0.15) is 22.4 Å². The molecule has 180 valence electrons. The maximum absolute atomic E-state index is 15.0. The summed E-state index contributed by atoms with van der Waals surface area (Å²) in [4.78, 5) is 50.8. The molecule has 2 heterocycles. The second-order valence-corrected chi connectivity index (χ2v) is 10.8. The van der Waals surface area contributed by atoms with E-state index in [1.165, 1.54) is 0 Å². The summed E-state index contributed by atoms with van der Waals surface area (Å²) in [6, 6.07) is 0.971. The van der Waals surface area contributed by atoms with Crippen LogP contribution in [0.2, 0.25) is 0 Å². The Bertz CT molecular complexity index is 1170. The minimum Gasteiger partial charge on any atom is -0.383 e. The molecule has 1 aliphatic carbocycles. The summed E-state index contributed by atoms with van der Waals surface area (Å²) >= 11 is 0. The van der Waals surface area contributed by atoms with Gasteiger partial charge in [-0.25, -0.2) is 18.5 Å². The number of aliphatic hydroxyl groups is 1. The monoisotopic (exact) mass is 527 g/mol. The third-order valence-electron chi connectivity index (χ3n) is 4.47. The van der Waals surface area contributed by atoms with Gasteiger partial charge in [0, 0.05) is 6.20 Å². The number of hydrogen-bond donors (Lipinski definition) is 6. The highest BCUT2D eigenvalue weighted by Crippen LogP contribution is 2.75. The fourth-order valence-corrected chi connectivity index (χ4v) is 6.42. The molecule has 1 aromatic rings. The zero-order valence-corrected chi connectivity index (χ0v) is 17.8. The van der Waals surface area contributed by atoms with Crippen molar-refractivity contribution in [2.75, 3.05) is 5.73 Å². The van der Waals surface area contributed by atoms with Gasteiger partial charge in [0.15, 0.2) is 11.2 Å². The van der Waals surface area contributed by atoms with Crippen LogP contribution < -0.4 is 11.4 Å². The molecule has 1 saturated carbocycles. The number of ether oxygens (including phenoxy) is 1. The van der Waals surface area contributed by atoms with Gasteiger partial charge in [-0.1, -0.05) is 6.08 Å². The molecular weight excluding hydrogens is 513 g/mol. The first-order valence-electron chi connectivity index (χ1n) is 7.90. The minimum absolute atomic E-state index is 0.271. The first-order valence-corrected chi connectivity index (χ1v) is 12.4. The molecule has 0 amide bonds. The molecule has 0 aromatic carbocycles. The highest BCUT2D eigenvalue weighted by Gasteiger charge is 2.96. The molecule has 1 aliphatic heterocycles. The minimum atomic E-state index is -5.95. The van der Waals surface area contributed by atoms with Crippen LogP contribution in [-0.4, -0.2) is 57.5 Å². The second kappa shape index (κ2) is 7.30. The molecule has 2 fully saturated rings. The fraction of sp³-hybridized carbons (Fsp3) is 0.455. The molecule has 3 unspecified atom stereocenters. The number of hydrogen-bond acceptors (Lipinski definition) is 11. The highest BCUT2D eigenvalue weighted by molar-refractivity contribution is 7.66. The summed E-state index contributed by atoms with van der Waals surface area (Å²) in [6.07, 6.45) is -3.62. The molecule has 0 spiro atoms. The number of nitrogens with two attached hydrogens (primary N) is 1. The van der Waals surface area contributed by atoms with Crippen molar-refractivity contribution in [2.45, 2.75) is 29.5 Å². The van der Waals surface area contributed by atoms with Crippen LogP contribution in [0, 0.1) is 0 Å². The Morgan fingerprint density at radius 1 is 1.22 bits per heavy atom. The van der Waals surface area contributed by atoms with E-state index in [2.05, 4.69) is 24.7 Å². The summed E-state index contributed by atoms with van der Waals surface area (Å²) in [5.74, 6) is -4.72. The Morgan fingerprint density at radius 3 is 2.28 bits per heavy atom. The number of halogens is 2. The third kappa shape index (κ3) is 3.92. The predicted octanol–water partition coefficient (Wildman–Crippen LogP) is -0.629. The van der Waals surface area contributed by atoms with Crippen molar-refractivity contribution in [2.24, 2.45) is 0 Å². The first kappa shape index (κ1) is 25.2. The second-order valence-electron chi connectivity index (χ2n) is 6.48. The van der Waals surface area contributed by atoms with E-state index in [1.54, 1.807) is 0 Å². The lowest BCUT2D eigenvalue weighted by molar-refractivity contribution is -0.198. The van der Waals surface area contributed by atoms with E-state index in [0.717, 1.165) is 12.3 Å². The van der Waals surface area contributed by atoms with Crippen molar-refractivity contribution in [1.29, 1.82) is 0 Å². The summed E-state index contributed by atoms with van der Waals surface area (Å²) in [5.41, 5.74) is -2.09. The lowest BCUT2D eigenvalue weighted by Crippen LogP contribution is -2.46. The van der Waals surface area contributed by atoms with Crippen LogP contribution in [0.4, 0.5) is 14.6 Å². The lowest BCUT2D eigenvalue weighted by Gasteiger charge is -2.27. The van der Waals surface area contributed by atoms with E-state index in [0.29, 0.717) is 6.08 Å². The van der Waals surface area contributed by atoms with E-state index >= 15 is 8.78 Å². The maximum Gasteiger partial charge on any atom is 0.490 e. The first-order chi connectivity index (χ1) is 14.3. The molecule has 21 heteroatoms. The van der Waals surface area contributed by atoms with Gasteiger partial charge in [-0.3, -0.25) is 9.09 Å². The lowest BCUT2D eigenvalue weighted by atomic mass is 10.1. The van der Waals surface area contributed by atoms with Gasteiger partial charge in [0.1, 0.15) is 11.9 Å². The number of phosphoric ester groups is 1. The van der Waals surface area contributed by atoms with Crippen LogP contribution >= 0.6 is 23.5 Å². The average Bonchev–Trinajstić information content (AvgIpc) is 3.00. The zero-order valence-electron chi connectivity index (χ0n) is 15.2. The molecule has 16 nitrogen and oxygen atoms in total. The van der Waals surface area contributed by atoms with Crippen LogP contribution in [0.15, 0.2) is 29.7 Å². The Balaban J connectivity index is 1.89. The summed E-state index contributed by atoms with van der Waals surface area (Å²) in [7, 11) is -17.6. The van der Waals surface area contributed by atoms with E-state index in [9.17, 15) is 28.5 Å². The quantitative estimate of drug-likeness (QED) is 0.182. The van der Waals surface area contributed by atoms with Gasteiger partial charge >= 0.3 is 35.1 Å². The maximum atomic E-state index is 15.0. The number of fused-ring (bicyclic) bond motifs is 1. The van der Waals surface area contributed by atoms with Gasteiger partial charge in [0.2, 0.25) is 6.23 Å². The fourth-order valence-electron chi connectivity index (χ4n) is 3.19. The topological polar surface area (TPSA) is 250 Å². The number of anilines is 1. The molecule has 2 aliphatic rings. The summed E-state index contributed by atoms with van der Waals surface area (Å²) in [6.45, 7) is 3.17. The SMILES string of the molecule is C=C[C@]12O[C@@H](n3ccc(N)nc3=O)C(F)(F)[C@]1(O)C2OP(=O)(O)OP(=O)(O)OP(=O)(O)O. The number of nitrogens with zero attached hydrogens (tertiary/aromatic N) is 2. The molecule has 1 saturated heterocycles. The normalized spacial score (nSPS) is 34.8. The van der Waals surface area contributed by atoms with Gasteiger partial charge in [0.05, 0.1) is 0 Å². The van der Waals surface area contributed by atoms with E-state index in [-0.39, 0.29) is 10.4 Å². The summed E-state index contributed by atoms with van der Waals surface area (Å²) < 4.78 is 80.7. The van der Waals surface area contributed by atoms with Gasteiger partial charge in [0.25, 0.3) is 0 Å². The standard InChI is InChI=1S/C11H14F2N3O13P3/c1-2-9-6(27-31(22,23)29-32(24,25)28-30(19,20)21)10(9,18)11(12,13)7(26-9)16-4-3-5(14)15-8(16)17/h2-4,6-7,18H,1H2,(H,22,23)(H,24,25)(H2,14,15,17)(H2,19,20,21)/t6?,7-,9-,10+/m1/s1. The van der Waals surface area contributed by atoms with E-state index < -0.39 is 58.6 Å². The van der Waals surface area contributed by atoms with Gasteiger partial charge < -0.3 is 35.2 Å². The van der Waals surface area contributed by atoms with Crippen LogP contribution in [0.25, 0.3) is 0 Å². The third-order valence-corrected chi connectivity index (χ3v) is 8.27. The Labute approximate surface area is 175 Å². The molecule has 7 N–H and O–H groups in total. The van der Waals surface area contributed by atoms with E-state index in [1.807, 2.05) is 0 Å². The molecule has 32 heavy (non-hydrogen) atoms. The number of nitrogen functional groups attached to an aromatic ring is 1. The smallest absolute Gasteiger partial charge is 0.383 e. The summed E-state index contributed by atoms with van der Waals surface area (Å²) in [5, 5.41) is 10.5. The van der Waals surface area contributed by atoms with Crippen molar-refractivity contribution in [1.82, 2.24) is 9.55 Å². The molecule has 6 atom stereocenters. The van der Waals surface area contributed by atoms with Crippen molar-refractivity contribution in [3.05, 3.63) is 35.4 Å². The van der Waals surface area contributed by atoms with Crippen LogP contribution in [0.1, 0.15) is 6.23 Å². The number of rotatable bonds is 8. The van der Waals surface area contributed by atoms with Crippen LogP contribution in [-0.2, 0) is 31.6 Å². The number of aromatic nitrogens is 2. The Morgan fingerprint density at radius 2 is 1.81 bits per heavy atom. The van der Waals surface area contributed by atoms with Crippen molar-refractivity contribution < 1.29 is 65.0 Å². The Hall–Kier alpha value is -1.39. The van der Waals surface area contributed by atoms with Crippen molar-refractivity contribution >= 4 is 29.3 Å². The zero-order chi connectivity index (χ0) is 24.5. The Kier molecular flexibility index (Phi) is 5.76. The molecule has 0 radical (unpaired) electrons. The van der Waals surface area contributed by atoms with Crippen molar-refractivity contribution in [3.8, 4) is 0 Å². The molecule has 3 rings (SSSR count). The van der Waals surface area contributed by atoms with Crippen LogP contribution in [0.3, 0.4) is 0 Å². The molecular formula is C11H14F2N3O13P3. The predicted molar refractivity (Wildman–Crippen MR) is 94.6 cm³/mol. The van der Waals surface area contributed by atoms with Gasteiger partial charge in [-0.05, 0) is 6.07 Å². The number of alkyl halides is 2. The molecule has 0 bridgehead atoms. The average molecular weight is 527 g/mol.